The van der Waals surface area contributed by atoms with Crippen molar-refractivity contribution in [2.24, 2.45) is 0 Å². The van der Waals surface area contributed by atoms with Crippen molar-refractivity contribution in [3.05, 3.63) is 71.5 Å². The van der Waals surface area contributed by atoms with Gasteiger partial charge in [-0.3, -0.25) is 0 Å². The van der Waals surface area contributed by atoms with Crippen molar-refractivity contribution in [1.82, 2.24) is 0 Å². The van der Waals surface area contributed by atoms with Crippen LogP contribution in [0.15, 0.2) is 59.0 Å². The maximum Gasteiger partial charge on any atom is 0.374 e. The van der Waals surface area contributed by atoms with Gasteiger partial charge in [-0.1, -0.05) is 30.3 Å². The van der Waals surface area contributed by atoms with E-state index in [1.165, 1.54) is 0 Å². The van der Waals surface area contributed by atoms with Gasteiger partial charge in [-0.15, -0.1) is 0 Å². The van der Waals surface area contributed by atoms with Crippen LogP contribution in [0.4, 0.5) is 0 Å². The molecule has 102 valence electrons. The van der Waals surface area contributed by atoms with Crippen LogP contribution < -0.4 is 0 Å². The first-order valence-corrected chi connectivity index (χ1v) is 6.41. The van der Waals surface area contributed by atoms with E-state index in [0.29, 0.717) is 11.1 Å². The third-order valence-corrected chi connectivity index (χ3v) is 3.05. The number of hydrogen-bond acceptors (Lipinski definition) is 4. The number of nitriles is 1. The largest absolute Gasteiger partial charge is 0.455 e. The molecule has 4 nitrogen and oxygen atoms in total. The van der Waals surface area contributed by atoms with Crippen LogP contribution in [-0.2, 0) is 11.3 Å². The van der Waals surface area contributed by atoms with Gasteiger partial charge >= 0.3 is 5.97 Å². The molecule has 3 aromatic rings. The second kappa shape index (κ2) is 5.51. The first-order chi connectivity index (χ1) is 10.3. The van der Waals surface area contributed by atoms with Gasteiger partial charge in [0.2, 0.25) is 5.76 Å². The highest BCUT2D eigenvalue weighted by Crippen LogP contribution is 2.19. The second-order valence-electron chi connectivity index (χ2n) is 4.54. The Morgan fingerprint density at radius 1 is 1.14 bits per heavy atom. The van der Waals surface area contributed by atoms with Gasteiger partial charge in [-0.25, -0.2) is 4.79 Å². The van der Waals surface area contributed by atoms with E-state index in [1.807, 2.05) is 24.3 Å². The lowest BCUT2D eigenvalue weighted by Crippen LogP contribution is -2.03. The van der Waals surface area contributed by atoms with Gasteiger partial charge in [-0.05, 0) is 29.8 Å². The molecule has 0 saturated heterocycles. The first kappa shape index (κ1) is 12.9. The molecule has 0 amide bonds. The monoisotopic (exact) mass is 277 g/mol. The van der Waals surface area contributed by atoms with Crippen LogP contribution in [0.5, 0.6) is 0 Å². The summed E-state index contributed by atoms with van der Waals surface area (Å²) >= 11 is 0. The molecular formula is C17H11NO3. The molecule has 0 atom stereocenters. The van der Waals surface area contributed by atoms with Crippen LogP contribution in [0.1, 0.15) is 21.7 Å². The third-order valence-electron chi connectivity index (χ3n) is 3.05. The van der Waals surface area contributed by atoms with E-state index in [2.05, 4.69) is 0 Å². The zero-order valence-electron chi connectivity index (χ0n) is 11.1. The fourth-order valence-electron chi connectivity index (χ4n) is 2.03. The van der Waals surface area contributed by atoms with Crippen LogP contribution in [0.2, 0.25) is 0 Å². The molecule has 21 heavy (non-hydrogen) atoms. The minimum absolute atomic E-state index is 0.103. The fraction of sp³-hybridized carbons (Fsp3) is 0.0588. The predicted molar refractivity (Wildman–Crippen MR) is 76.5 cm³/mol. The summed E-state index contributed by atoms with van der Waals surface area (Å²) in [6, 6.07) is 18.0. The van der Waals surface area contributed by atoms with Crippen molar-refractivity contribution in [2.75, 3.05) is 0 Å². The van der Waals surface area contributed by atoms with Gasteiger partial charge in [0.05, 0.1) is 11.6 Å². The molecule has 1 heterocycles. The Morgan fingerprint density at radius 3 is 2.81 bits per heavy atom. The van der Waals surface area contributed by atoms with Crippen LogP contribution >= 0.6 is 0 Å². The third kappa shape index (κ3) is 2.77. The van der Waals surface area contributed by atoms with E-state index >= 15 is 0 Å². The summed E-state index contributed by atoms with van der Waals surface area (Å²) in [7, 11) is 0. The normalized spacial score (nSPS) is 10.2. The Bertz CT molecular complexity index is 809. The van der Waals surface area contributed by atoms with E-state index in [-0.39, 0.29) is 12.4 Å². The number of rotatable bonds is 3. The molecule has 2 aromatic carbocycles. The van der Waals surface area contributed by atoms with Crippen molar-refractivity contribution >= 4 is 16.9 Å². The number of furan rings is 1. The topological polar surface area (TPSA) is 63.2 Å². The number of nitrogens with zero attached hydrogens (tertiary/aromatic N) is 1. The second-order valence-corrected chi connectivity index (χ2v) is 4.54. The van der Waals surface area contributed by atoms with Crippen LogP contribution in [0.25, 0.3) is 11.0 Å². The lowest BCUT2D eigenvalue weighted by molar-refractivity contribution is 0.0438. The summed E-state index contributed by atoms with van der Waals surface area (Å²) in [6.07, 6.45) is 0. The van der Waals surface area contributed by atoms with Crippen LogP contribution in [0, 0.1) is 11.3 Å². The van der Waals surface area contributed by atoms with E-state index < -0.39 is 5.97 Å². The molecule has 0 saturated carbocycles. The quantitative estimate of drug-likeness (QED) is 0.685. The molecule has 4 heteroatoms. The zero-order valence-corrected chi connectivity index (χ0v) is 11.1. The van der Waals surface area contributed by atoms with E-state index in [4.69, 9.17) is 14.4 Å². The Morgan fingerprint density at radius 2 is 2.00 bits per heavy atom. The van der Waals surface area contributed by atoms with E-state index in [0.717, 1.165) is 10.9 Å². The van der Waals surface area contributed by atoms with Crippen LogP contribution in [0.3, 0.4) is 0 Å². The molecular weight excluding hydrogens is 266 g/mol. The summed E-state index contributed by atoms with van der Waals surface area (Å²) in [5, 5.41) is 9.68. The van der Waals surface area contributed by atoms with Crippen LogP contribution in [-0.4, -0.2) is 5.97 Å². The van der Waals surface area contributed by atoms with Gasteiger partial charge < -0.3 is 9.15 Å². The van der Waals surface area contributed by atoms with E-state index in [1.54, 1.807) is 36.4 Å². The van der Waals surface area contributed by atoms with Gasteiger partial charge in [0.15, 0.2) is 0 Å². The smallest absolute Gasteiger partial charge is 0.374 e. The van der Waals surface area contributed by atoms with Gasteiger partial charge in [-0.2, -0.15) is 5.26 Å². The fourth-order valence-corrected chi connectivity index (χ4v) is 2.03. The summed E-state index contributed by atoms with van der Waals surface area (Å²) < 4.78 is 10.6. The maximum atomic E-state index is 12.0. The van der Waals surface area contributed by atoms with Crippen molar-refractivity contribution in [2.45, 2.75) is 6.61 Å². The summed E-state index contributed by atoms with van der Waals surface area (Å²) in [5.41, 5.74) is 1.95. The number of carbonyl (C=O) groups excluding carboxylic acids is 1. The molecule has 0 radical (unpaired) electrons. The van der Waals surface area contributed by atoms with E-state index in [9.17, 15) is 4.79 Å². The lowest BCUT2D eigenvalue weighted by atomic mass is 10.1. The molecule has 0 N–H and O–H groups in total. The Hall–Kier alpha value is -3.06. The summed E-state index contributed by atoms with van der Waals surface area (Å²) in [5.74, 6) is -0.346. The molecule has 0 aliphatic carbocycles. The minimum Gasteiger partial charge on any atom is -0.455 e. The van der Waals surface area contributed by atoms with Gasteiger partial charge in [0.25, 0.3) is 0 Å². The highest BCUT2D eigenvalue weighted by molar-refractivity contribution is 5.92. The molecule has 0 bridgehead atoms. The van der Waals surface area contributed by atoms with Crippen molar-refractivity contribution in [1.29, 1.82) is 5.26 Å². The Kier molecular flexibility index (Phi) is 3.40. The maximum absolute atomic E-state index is 12.0. The number of benzene rings is 2. The van der Waals surface area contributed by atoms with Gasteiger partial charge in [0.1, 0.15) is 12.2 Å². The summed E-state index contributed by atoms with van der Waals surface area (Å²) in [4.78, 5) is 12.0. The Balaban J connectivity index is 1.72. The SMILES string of the molecule is N#Cc1cccc(COC(=O)c2cc3ccccc3o2)c1. The molecule has 0 aliphatic rings. The van der Waals surface area contributed by atoms with Gasteiger partial charge in [0, 0.05) is 5.39 Å². The van der Waals surface area contributed by atoms with Crippen molar-refractivity contribution in [3.63, 3.8) is 0 Å². The number of esters is 1. The minimum atomic E-state index is -0.520. The molecule has 0 aliphatic heterocycles. The molecule has 3 rings (SSSR count). The zero-order chi connectivity index (χ0) is 14.7. The lowest BCUT2D eigenvalue weighted by Gasteiger charge is -2.03. The Labute approximate surface area is 121 Å². The number of carbonyl (C=O) groups is 1. The first-order valence-electron chi connectivity index (χ1n) is 6.41. The molecule has 0 fully saturated rings. The van der Waals surface area contributed by atoms with Crippen molar-refractivity contribution in [3.8, 4) is 6.07 Å². The number of hydrogen-bond donors (Lipinski definition) is 0. The number of fused-ring (bicyclic) bond motifs is 1. The number of para-hydroxylation sites is 1. The summed E-state index contributed by atoms with van der Waals surface area (Å²) in [6.45, 7) is 0.103. The van der Waals surface area contributed by atoms with Crippen molar-refractivity contribution < 1.29 is 13.9 Å². The molecule has 0 spiro atoms. The molecule has 1 aromatic heterocycles. The predicted octanol–water partition coefficient (Wildman–Crippen LogP) is 3.66. The average molecular weight is 277 g/mol. The standard InChI is InChI=1S/C17H11NO3/c18-10-12-4-3-5-13(8-12)11-20-17(19)16-9-14-6-1-2-7-15(14)21-16/h1-9H,11H2. The molecule has 0 unspecified atom stereocenters. The number of ether oxygens (including phenoxy) is 1. The highest BCUT2D eigenvalue weighted by atomic mass is 16.5. The average Bonchev–Trinajstić information content (AvgIpc) is 2.97. The highest BCUT2D eigenvalue weighted by Gasteiger charge is 2.13.